The van der Waals surface area contributed by atoms with E-state index in [9.17, 15) is 17.2 Å². The number of hydrogen-bond acceptors (Lipinski definition) is 4. The average Bonchev–Trinajstić information content (AvgIpc) is 3.11. The van der Waals surface area contributed by atoms with Gasteiger partial charge in [-0.15, -0.1) is 0 Å². The van der Waals surface area contributed by atoms with Crippen LogP contribution in [0.15, 0.2) is 48.5 Å². The number of sulfonamides is 1. The lowest BCUT2D eigenvalue weighted by Gasteiger charge is -2.46. The lowest BCUT2D eigenvalue weighted by atomic mass is 9.88. The molecule has 162 valence electrons. The molecule has 8 heteroatoms. The van der Waals surface area contributed by atoms with Crippen molar-refractivity contribution < 1.29 is 26.7 Å². The molecular weight excluding hydrogens is 412 g/mol. The molecule has 2 aliphatic rings. The van der Waals surface area contributed by atoms with Crippen LogP contribution in [-0.4, -0.2) is 44.6 Å². The first-order chi connectivity index (χ1) is 14.3. The third-order valence-electron chi connectivity index (χ3n) is 5.70. The molecule has 0 radical (unpaired) electrons. The first kappa shape index (κ1) is 21.4. The second kappa shape index (κ2) is 8.70. The molecule has 2 aromatic carbocycles. The zero-order chi connectivity index (χ0) is 21.2. The minimum absolute atomic E-state index is 0.138. The minimum Gasteiger partial charge on any atom is -0.377 e. The van der Waals surface area contributed by atoms with Crippen LogP contribution in [0.3, 0.4) is 0 Å². The summed E-state index contributed by atoms with van der Waals surface area (Å²) in [4.78, 5) is 0. The Kier molecular flexibility index (Phi) is 6.20. The van der Waals surface area contributed by atoms with Crippen LogP contribution in [0.5, 0.6) is 0 Å². The fraction of sp³-hybridized carbons (Fsp3) is 0.455. The number of benzene rings is 2. The van der Waals surface area contributed by atoms with Crippen molar-refractivity contribution >= 4 is 10.0 Å². The van der Waals surface area contributed by atoms with Crippen molar-refractivity contribution in [2.45, 2.75) is 30.8 Å². The van der Waals surface area contributed by atoms with E-state index in [1.165, 1.54) is 40.7 Å². The summed E-state index contributed by atoms with van der Waals surface area (Å²) in [7, 11) is -3.45. The predicted molar refractivity (Wildman–Crippen MR) is 108 cm³/mol. The maximum atomic E-state index is 13.2. The summed E-state index contributed by atoms with van der Waals surface area (Å²) < 4.78 is 64.4. The fourth-order valence-electron chi connectivity index (χ4n) is 4.09. The topological polar surface area (TPSA) is 55.8 Å². The molecule has 2 heterocycles. The van der Waals surface area contributed by atoms with Crippen molar-refractivity contribution in [3.8, 4) is 0 Å². The van der Waals surface area contributed by atoms with Gasteiger partial charge < -0.3 is 9.47 Å². The third kappa shape index (κ3) is 5.06. The van der Waals surface area contributed by atoms with Gasteiger partial charge in [-0.2, -0.15) is 4.31 Å². The molecule has 4 rings (SSSR count). The van der Waals surface area contributed by atoms with Gasteiger partial charge in [0.1, 0.15) is 11.6 Å². The largest absolute Gasteiger partial charge is 0.377 e. The summed E-state index contributed by atoms with van der Waals surface area (Å²) in [6.07, 6.45) is 1.62. The quantitative estimate of drug-likeness (QED) is 0.594. The van der Waals surface area contributed by atoms with Gasteiger partial charge in [-0.25, -0.2) is 17.2 Å². The summed E-state index contributed by atoms with van der Waals surface area (Å²) in [5.74, 6) is -0.476. The standard InChI is InChI=1S/C22H25F2NO4S/c23-20-6-4-17(5-7-20)14-30(26,27)25-15-22(16-25)11-19(13-29-22)8-9-28-12-18-2-1-3-21(24)10-18/h1-7,10,19H,8-9,11-16H2. The number of rotatable bonds is 8. The molecule has 0 saturated carbocycles. The summed E-state index contributed by atoms with van der Waals surface area (Å²) in [5.41, 5.74) is 0.969. The van der Waals surface area contributed by atoms with E-state index in [0.29, 0.717) is 44.4 Å². The van der Waals surface area contributed by atoms with Crippen molar-refractivity contribution in [1.29, 1.82) is 0 Å². The Hall–Kier alpha value is -1.87. The fourth-order valence-corrected chi connectivity index (χ4v) is 5.75. The van der Waals surface area contributed by atoms with E-state index in [2.05, 4.69) is 0 Å². The van der Waals surface area contributed by atoms with Crippen molar-refractivity contribution in [3.05, 3.63) is 71.3 Å². The molecule has 0 bridgehead atoms. The van der Waals surface area contributed by atoms with Gasteiger partial charge in [-0.05, 0) is 54.2 Å². The van der Waals surface area contributed by atoms with Crippen LogP contribution in [0.1, 0.15) is 24.0 Å². The van der Waals surface area contributed by atoms with E-state index in [-0.39, 0.29) is 17.4 Å². The SMILES string of the molecule is O=S(=O)(Cc1ccc(F)cc1)N1CC2(CC(CCOCc3cccc(F)c3)CO2)C1. The molecular formula is C22H25F2NO4S. The summed E-state index contributed by atoms with van der Waals surface area (Å²) >= 11 is 0. The van der Waals surface area contributed by atoms with E-state index in [1.54, 1.807) is 6.07 Å². The number of hydrogen-bond donors (Lipinski definition) is 0. The highest BCUT2D eigenvalue weighted by Gasteiger charge is 2.53. The van der Waals surface area contributed by atoms with Crippen LogP contribution in [0.25, 0.3) is 0 Å². The lowest BCUT2D eigenvalue weighted by molar-refractivity contribution is -0.0774. The Bertz CT molecular complexity index is 975. The van der Waals surface area contributed by atoms with Gasteiger partial charge >= 0.3 is 0 Å². The van der Waals surface area contributed by atoms with Gasteiger partial charge in [0.2, 0.25) is 10.0 Å². The van der Waals surface area contributed by atoms with Gasteiger partial charge in [-0.1, -0.05) is 24.3 Å². The maximum absolute atomic E-state index is 13.2. The Morgan fingerprint density at radius 1 is 1.07 bits per heavy atom. The summed E-state index contributed by atoms with van der Waals surface area (Å²) in [6, 6.07) is 11.9. The normalized spacial score (nSPS) is 21.1. The highest BCUT2D eigenvalue weighted by molar-refractivity contribution is 7.88. The van der Waals surface area contributed by atoms with Crippen molar-refractivity contribution in [1.82, 2.24) is 4.31 Å². The second-order valence-corrected chi connectivity index (χ2v) is 10.2. The van der Waals surface area contributed by atoms with E-state index in [1.807, 2.05) is 6.07 Å². The molecule has 0 amide bonds. The molecule has 30 heavy (non-hydrogen) atoms. The molecule has 5 nitrogen and oxygen atoms in total. The Balaban J connectivity index is 1.20. The predicted octanol–water partition coefficient (Wildman–Crippen LogP) is 3.49. The Morgan fingerprint density at radius 3 is 2.57 bits per heavy atom. The highest BCUT2D eigenvalue weighted by atomic mass is 32.2. The summed E-state index contributed by atoms with van der Waals surface area (Å²) in [6.45, 7) is 2.22. The molecule has 2 saturated heterocycles. The van der Waals surface area contributed by atoms with E-state index in [0.717, 1.165) is 18.4 Å². The van der Waals surface area contributed by atoms with Gasteiger partial charge in [-0.3, -0.25) is 0 Å². The molecule has 2 fully saturated rings. The van der Waals surface area contributed by atoms with Crippen molar-refractivity contribution in [3.63, 3.8) is 0 Å². The van der Waals surface area contributed by atoms with Crippen LogP contribution in [0, 0.1) is 17.6 Å². The van der Waals surface area contributed by atoms with Crippen LogP contribution >= 0.6 is 0 Å². The van der Waals surface area contributed by atoms with Gasteiger partial charge in [0.15, 0.2) is 0 Å². The van der Waals surface area contributed by atoms with Crippen LogP contribution < -0.4 is 0 Å². The number of nitrogens with zero attached hydrogens (tertiary/aromatic N) is 1. The monoisotopic (exact) mass is 437 g/mol. The van der Waals surface area contributed by atoms with Gasteiger partial charge in [0.05, 0.1) is 24.6 Å². The Morgan fingerprint density at radius 2 is 1.83 bits per heavy atom. The van der Waals surface area contributed by atoms with Crippen LogP contribution in [0.2, 0.25) is 0 Å². The van der Waals surface area contributed by atoms with Crippen molar-refractivity contribution in [2.75, 3.05) is 26.3 Å². The average molecular weight is 438 g/mol. The molecule has 0 aromatic heterocycles. The summed E-state index contributed by atoms with van der Waals surface area (Å²) in [5, 5.41) is 0. The molecule has 1 spiro atoms. The molecule has 2 aromatic rings. The first-order valence-corrected chi connectivity index (χ1v) is 11.6. The zero-order valence-corrected chi connectivity index (χ0v) is 17.4. The molecule has 2 aliphatic heterocycles. The van der Waals surface area contributed by atoms with Crippen molar-refractivity contribution in [2.24, 2.45) is 5.92 Å². The lowest BCUT2D eigenvalue weighted by Crippen LogP contribution is -2.63. The molecule has 1 atom stereocenters. The third-order valence-corrected chi connectivity index (χ3v) is 7.44. The van der Waals surface area contributed by atoms with Gasteiger partial charge in [0.25, 0.3) is 0 Å². The zero-order valence-electron chi connectivity index (χ0n) is 16.6. The van der Waals surface area contributed by atoms with E-state index >= 15 is 0 Å². The Labute approximate surface area is 175 Å². The van der Waals surface area contributed by atoms with Crippen LogP contribution in [0.4, 0.5) is 8.78 Å². The number of halogens is 2. The minimum atomic E-state index is -3.45. The molecule has 0 N–H and O–H groups in total. The van der Waals surface area contributed by atoms with E-state index < -0.39 is 15.6 Å². The smallest absolute Gasteiger partial charge is 0.218 e. The van der Waals surface area contributed by atoms with Gasteiger partial charge in [0, 0.05) is 19.7 Å². The second-order valence-electron chi connectivity index (χ2n) is 8.19. The molecule has 0 aliphatic carbocycles. The first-order valence-electron chi connectivity index (χ1n) is 10.0. The van der Waals surface area contributed by atoms with E-state index in [4.69, 9.17) is 9.47 Å². The van der Waals surface area contributed by atoms with Crippen LogP contribution in [-0.2, 0) is 31.9 Å². The maximum Gasteiger partial charge on any atom is 0.218 e. The highest BCUT2D eigenvalue weighted by Crippen LogP contribution is 2.40. The molecule has 1 unspecified atom stereocenters. The number of ether oxygens (including phenoxy) is 2.